The maximum Gasteiger partial charge on any atom is 0.126 e. The van der Waals surface area contributed by atoms with Crippen molar-refractivity contribution in [2.75, 3.05) is 0 Å². The zero-order valence-electron chi connectivity index (χ0n) is 12.2. The van der Waals surface area contributed by atoms with Gasteiger partial charge in [0.05, 0.1) is 6.04 Å². The molecule has 2 rings (SSSR count). The van der Waals surface area contributed by atoms with Gasteiger partial charge >= 0.3 is 0 Å². The van der Waals surface area contributed by atoms with Crippen LogP contribution in [0.2, 0.25) is 0 Å². The van der Waals surface area contributed by atoms with Crippen LogP contribution in [0.4, 0.5) is 0 Å². The van der Waals surface area contributed by atoms with Gasteiger partial charge in [-0.05, 0) is 11.0 Å². The van der Waals surface area contributed by atoms with Gasteiger partial charge in [-0.3, -0.25) is 0 Å². The second kappa shape index (κ2) is 5.57. The standard InChI is InChI=1S/C16H23N3/c1-16(2,3)14(15-17-10-11-19(15)4)18-12-13-8-6-5-7-9-13/h5-11,14,18H,12H2,1-4H3. The molecule has 0 fully saturated rings. The fraction of sp³-hybridized carbons (Fsp3) is 0.438. The van der Waals surface area contributed by atoms with Gasteiger partial charge in [0, 0.05) is 26.0 Å². The van der Waals surface area contributed by atoms with Crippen molar-refractivity contribution in [1.82, 2.24) is 14.9 Å². The Balaban J connectivity index is 2.14. The van der Waals surface area contributed by atoms with Crippen LogP contribution in [-0.4, -0.2) is 9.55 Å². The first-order valence-corrected chi connectivity index (χ1v) is 6.73. The first-order chi connectivity index (χ1) is 8.98. The fourth-order valence-corrected chi connectivity index (χ4v) is 2.26. The zero-order chi connectivity index (χ0) is 13.9. The van der Waals surface area contributed by atoms with E-state index in [1.807, 2.05) is 25.5 Å². The van der Waals surface area contributed by atoms with Gasteiger partial charge in [0.1, 0.15) is 5.82 Å². The lowest BCUT2D eigenvalue weighted by atomic mass is 9.86. The van der Waals surface area contributed by atoms with Crippen molar-refractivity contribution in [1.29, 1.82) is 0 Å². The second-order valence-electron chi connectivity index (χ2n) is 6.06. The summed E-state index contributed by atoms with van der Waals surface area (Å²) in [4.78, 5) is 4.50. The van der Waals surface area contributed by atoms with E-state index >= 15 is 0 Å². The minimum atomic E-state index is 0.119. The largest absolute Gasteiger partial charge is 0.337 e. The van der Waals surface area contributed by atoms with E-state index < -0.39 is 0 Å². The van der Waals surface area contributed by atoms with Gasteiger partial charge in [-0.2, -0.15) is 0 Å². The number of nitrogens with zero attached hydrogens (tertiary/aromatic N) is 2. The Labute approximate surface area is 115 Å². The lowest BCUT2D eigenvalue weighted by molar-refractivity contribution is 0.256. The molecular formula is C16H23N3. The molecule has 0 spiro atoms. The molecule has 3 heteroatoms. The summed E-state index contributed by atoms with van der Waals surface area (Å²) in [7, 11) is 2.05. The highest BCUT2D eigenvalue weighted by atomic mass is 15.1. The highest BCUT2D eigenvalue weighted by molar-refractivity contribution is 5.15. The predicted molar refractivity (Wildman–Crippen MR) is 78.7 cm³/mol. The molecule has 1 aromatic heterocycles. The van der Waals surface area contributed by atoms with E-state index in [0.717, 1.165) is 12.4 Å². The Morgan fingerprint density at radius 3 is 2.42 bits per heavy atom. The van der Waals surface area contributed by atoms with Crippen LogP contribution < -0.4 is 5.32 Å². The van der Waals surface area contributed by atoms with Crippen molar-refractivity contribution < 1.29 is 0 Å². The van der Waals surface area contributed by atoms with Crippen molar-refractivity contribution in [3.05, 3.63) is 54.1 Å². The van der Waals surface area contributed by atoms with E-state index in [0.29, 0.717) is 0 Å². The molecule has 0 aliphatic rings. The van der Waals surface area contributed by atoms with Gasteiger partial charge in [-0.25, -0.2) is 4.98 Å². The summed E-state index contributed by atoms with van der Waals surface area (Å²) in [6.45, 7) is 7.58. The third-order valence-corrected chi connectivity index (χ3v) is 3.34. The molecule has 1 unspecified atom stereocenters. The Morgan fingerprint density at radius 1 is 1.21 bits per heavy atom. The molecule has 0 aliphatic carbocycles. The third kappa shape index (κ3) is 3.44. The Kier molecular flexibility index (Phi) is 4.05. The highest BCUT2D eigenvalue weighted by Gasteiger charge is 2.28. The van der Waals surface area contributed by atoms with Gasteiger partial charge < -0.3 is 9.88 Å². The molecule has 0 amide bonds. The Morgan fingerprint density at radius 2 is 1.89 bits per heavy atom. The summed E-state index contributed by atoms with van der Waals surface area (Å²) in [6.07, 6.45) is 3.86. The maximum atomic E-state index is 4.50. The van der Waals surface area contributed by atoms with Gasteiger partial charge in [0.15, 0.2) is 0 Å². The van der Waals surface area contributed by atoms with E-state index in [1.54, 1.807) is 0 Å². The number of benzene rings is 1. The smallest absolute Gasteiger partial charge is 0.126 e. The van der Waals surface area contributed by atoms with Crippen molar-refractivity contribution in [3.63, 3.8) is 0 Å². The molecule has 1 aromatic carbocycles. The molecule has 0 radical (unpaired) electrons. The van der Waals surface area contributed by atoms with Crippen molar-refractivity contribution in [2.24, 2.45) is 12.5 Å². The quantitative estimate of drug-likeness (QED) is 0.910. The topological polar surface area (TPSA) is 29.9 Å². The second-order valence-corrected chi connectivity index (χ2v) is 6.06. The van der Waals surface area contributed by atoms with Gasteiger partial charge in [0.2, 0.25) is 0 Å². The van der Waals surface area contributed by atoms with E-state index in [9.17, 15) is 0 Å². The van der Waals surface area contributed by atoms with Crippen LogP contribution in [0.25, 0.3) is 0 Å². The molecule has 1 atom stereocenters. The van der Waals surface area contributed by atoms with E-state index in [-0.39, 0.29) is 11.5 Å². The summed E-state index contributed by atoms with van der Waals surface area (Å²) in [5, 5.41) is 3.64. The fourth-order valence-electron chi connectivity index (χ4n) is 2.26. The lowest BCUT2D eigenvalue weighted by Crippen LogP contribution is -2.34. The van der Waals surface area contributed by atoms with Crippen LogP contribution in [0.3, 0.4) is 0 Å². The van der Waals surface area contributed by atoms with E-state index in [2.05, 4.69) is 59.9 Å². The minimum Gasteiger partial charge on any atom is -0.337 e. The van der Waals surface area contributed by atoms with Crippen molar-refractivity contribution in [3.8, 4) is 0 Å². The van der Waals surface area contributed by atoms with Gasteiger partial charge in [-0.15, -0.1) is 0 Å². The Bertz CT molecular complexity index is 508. The average molecular weight is 257 g/mol. The summed E-state index contributed by atoms with van der Waals surface area (Å²) in [5.41, 5.74) is 1.42. The highest BCUT2D eigenvalue weighted by Crippen LogP contribution is 2.31. The van der Waals surface area contributed by atoms with Gasteiger partial charge in [0.25, 0.3) is 0 Å². The van der Waals surface area contributed by atoms with Crippen LogP contribution in [0, 0.1) is 5.41 Å². The Hall–Kier alpha value is -1.61. The summed E-state index contributed by atoms with van der Waals surface area (Å²) >= 11 is 0. The monoisotopic (exact) mass is 257 g/mol. The summed E-state index contributed by atoms with van der Waals surface area (Å²) in [6, 6.07) is 10.7. The molecule has 1 N–H and O–H groups in total. The average Bonchev–Trinajstić information content (AvgIpc) is 2.76. The number of rotatable bonds is 4. The molecule has 0 bridgehead atoms. The molecule has 2 aromatic rings. The molecule has 0 saturated carbocycles. The van der Waals surface area contributed by atoms with Gasteiger partial charge in [-0.1, -0.05) is 51.1 Å². The predicted octanol–water partition coefficient (Wildman–Crippen LogP) is 3.30. The van der Waals surface area contributed by atoms with Crippen LogP contribution in [0.15, 0.2) is 42.7 Å². The third-order valence-electron chi connectivity index (χ3n) is 3.34. The summed E-state index contributed by atoms with van der Waals surface area (Å²) < 4.78 is 2.09. The molecule has 0 saturated heterocycles. The number of hydrogen-bond donors (Lipinski definition) is 1. The number of imidazole rings is 1. The van der Waals surface area contributed by atoms with E-state index in [4.69, 9.17) is 0 Å². The minimum absolute atomic E-state index is 0.119. The maximum absolute atomic E-state index is 4.50. The molecule has 1 heterocycles. The van der Waals surface area contributed by atoms with Crippen LogP contribution >= 0.6 is 0 Å². The number of aromatic nitrogens is 2. The van der Waals surface area contributed by atoms with Crippen molar-refractivity contribution >= 4 is 0 Å². The first-order valence-electron chi connectivity index (χ1n) is 6.73. The van der Waals surface area contributed by atoms with Crippen LogP contribution in [-0.2, 0) is 13.6 Å². The first kappa shape index (κ1) is 13.8. The normalized spacial score (nSPS) is 13.5. The van der Waals surface area contributed by atoms with Crippen LogP contribution in [0.1, 0.15) is 38.2 Å². The molecule has 3 nitrogen and oxygen atoms in total. The molecule has 19 heavy (non-hydrogen) atoms. The molecule has 0 aliphatic heterocycles. The van der Waals surface area contributed by atoms with Crippen LogP contribution in [0.5, 0.6) is 0 Å². The SMILES string of the molecule is Cn1ccnc1C(NCc1ccccc1)C(C)(C)C. The van der Waals surface area contributed by atoms with Crippen molar-refractivity contribution in [2.45, 2.75) is 33.4 Å². The molecule has 102 valence electrons. The number of aryl methyl sites for hydroxylation is 1. The lowest BCUT2D eigenvalue weighted by Gasteiger charge is -2.31. The number of nitrogens with one attached hydrogen (secondary N) is 1. The zero-order valence-corrected chi connectivity index (χ0v) is 12.2. The van der Waals surface area contributed by atoms with E-state index in [1.165, 1.54) is 5.56 Å². The summed E-state index contributed by atoms with van der Waals surface area (Å²) in [5.74, 6) is 1.09. The number of hydrogen-bond acceptors (Lipinski definition) is 2. The molecular weight excluding hydrogens is 234 g/mol.